The molecular weight excluding hydrogens is 777 g/mol. The Morgan fingerprint density at radius 1 is 0.386 bits per heavy atom. The Morgan fingerprint density at radius 3 is 0.982 bits per heavy atom. The van der Waals surface area contributed by atoms with E-state index >= 15 is 0 Å². The Kier molecular flexibility index (Phi) is 25.4. The molecule has 0 aliphatic rings. The molecule has 4 aromatic rings. The summed E-state index contributed by atoms with van der Waals surface area (Å²) >= 11 is 0. The second kappa shape index (κ2) is 28.1. The number of hydrogen-bond acceptors (Lipinski definition) is 6. The molecule has 0 atom stereocenters. The van der Waals surface area contributed by atoms with E-state index in [0.29, 0.717) is 0 Å². The van der Waals surface area contributed by atoms with E-state index in [2.05, 4.69) is 52.0 Å². The van der Waals surface area contributed by atoms with E-state index in [4.69, 9.17) is 0 Å². The van der Waals surface area contributed by atoms with Crippen molar-refractivity contribution < 1.29 is 25.9 Å². The molecule has 4 rings (SSSR count). The first kappa shape index (κ1) is 51.6. The van der Waals surface area contributed by atoms with Crippen LogP contribution in [0.15, 0.2) is 70.5 Å². The molecule has 0 unspecified atom stereocenters. The van der Waals surface area contributed by atoms with Crippen LogP contribution in [-0.2, 0) is 45.9 Å². The molecule has 0 heterocycles. The summed E-state index contributed by atoms with van der Waals surface area (Å²) in [5, 5.41) is 3.92. The monoisotopic (exact) mass is 846 g/mol. The number of hydrogen-bond donors (Lipinski definition) is 0. The molecule has 0 amide bonds. The molecule has 9 heteroatoms. The number of rotatable bonds is 26. The van der Waals surface area contributed by atoms with E-state index in [1.165, 1.54) is 126 Å². The molecule has 0 fully saturated rings. The molecule has 0 saturated carbocycles. The Hall–Kier alpha value is -1.52. The van der Waals surface area contributed by atoms with Crippen molar-refractivity contribution in [3.63, 3.8) is 0 Å². The van der Waals surface area contributed by atoms with Crippen molar-refractivity contribution >= 4 is 79.5 Å². The van der Waals surface area contributed by atoms with Crippen molar-refractivity contribution in [2.45, 2.75) is 192 Å². The van der Waals surface area contributed by atoms with Gasteiger partial charge < -0.3 is 9.11 Å². The van der Waals surface area contributed by atoms with Crippen LogP contribution in [0, 0.1) is 0 Å². The van der Waals surface area contributed by atoms with Crippen LogP contribution in [0.2, 0.25) is 0 Å². The SMILES string of the molecule is CCCCCCCc1ccc2cc(S(=O)(=O)[O-])cc(CCCCCCC)c2c1.CCCCCCCc1ccc2cc(S(=O)(=O)[O-])cc(CCCCCCC)c2c1.[Ca+2]. The van der Waals surface area contributed by atoms with Crippen molar-refractivity contribution in [2.24, 2.45) is 0 Å². The first-order valence-electron chi connectivity index (χ1n) is 21.9. The van der Waals surface area contributed by atoms with Crippen molar-refractivity contribution in [3.8, 4) is 0 Å². The Labute approximate surface area is 376 Å². The molecular formula is C48H70CaO6S2. The Bertz CT molecular complexity index is 1830. The fourth-order valence-electron chi connectivity index (χ4n) is 7.62. The molecule has 4 aromatic carbocycles. The summed E-state index contributed by atoms with van der Waals surface area (Å²) in [5.74, 6) is 0. The zero-order chi connectivity index (χ0) is 40.8. The number of aryl methyl sites for hydroxylation is 4. The average Bonchev–Trinajstić information content (AvgIpc) is 3.17. The van der Waals surface area contributed by atoms with Gasteiger partial charge in [-0.2, -0.15) is 0 Å². The van der Waals surface area contributed by atoms with Gasteiger partial charge in [-0.1, -0.05) is 167 Å². The quantitative estimate of drug-likeness (QED) is 0.0353. The van der Waals surface area contributed by atoms with Crippen molar-refractivity contribution in [1.29, 1.82) is 0 Å². The average molecular weight is 847 g/mol. The summed E-state index contributed by atoms with van der Waals surface area (Å²) in [4.78, 5) is -0.202. The van der Waals surface area contributed by atoms with Crippen LogP contribution in [-0.4, -0.2) is 63.7 Å². The summed E-state index contributed by atoms with van der Waals surface area (Å²) in [7, 11) is -8.88. The van der Waals surface area contributed by atoms with Gasteiger partial charge in [0.15, 0.2) is 0 Å². The Balaban J connectivity index is 0.000000387. The van der Waals surface area contributed by atoms with Crippen LogP contribution in [0.1, 0.15) is 178 Å². The third-order valence-electron chi connectivity index (χ3n) is 11.0. The fraction of sp³-hybridized carbons (Fsp3) is 0.583. The van der Waals surface area contributed by atoms with Crippen LogP contribution in [0.4, 0.5) is 0 Å². The molecule has 0 saturated heterocycles. The molecule has 312 valence electrons. The summed E-state index contributed by atoms with van der Waals surface area (Å²) in [6.07, 6.45) is 27.9. The van der Waals surface area contributed by atoms with Crippen LogP contribution in [0.25, 0.3) is 21.5 Å². The van der Waals surface area contributed by atoms with Gasteiger partial charge in [0.25, 0.3) is 0 Å². The molecule has 6 nitrogen and oxygen atoms in total. The van der Waals surface area contributed by atoms with E-state index < -0.39 is 20.2 Å². The summed E-state index contributed by atoms with van der Waals surface area (Å²) in [6, 6.07) is 18.8. The normalized spacial score (nSPS) is 11.8. The van der Waals surface area contributed by atoms with Crippen molar-refractivity contribution in [3.05, 3.63) is 82.9 Å². The van der Waals surface area contributed by atoms with Crippen molar-refractivity contribution in [1.82, 2.24) is 0 Å². The number of unbranched alkanes of at least 4 members (excludes halogenated alkanes) is 16. The summed E-state index contributed by atoms with van der Waals surface area (Å²) in [6.45, 7) is 8.84. The molecule has 0 radical (unpaired) electrons. The van der Waals surface area contributed by atoms with Crippen LogP contribution in [0.5, 0.6) is 0 Å². The first-order valence-corrected chi connectivity index (χ1v) is 24.8. The van der Waals surface area contributed by atoms with Gasteiger partial charge in [0.05, 0.1) is 9.79 Å². The zero-order valence-corrected chi connectivity index (χ0v) is 39.6. The molecule has 0 spiro atoms. The van der Waals surface area contributed by atoms with Crippen LogP contribution in [0.3, 0.4) is 0 Å². The molecule has 0 aliphatic heterocycles. The minimum Gasteiger partial charge on any atom is -0.744 e. The minimum absolute atomic E-state index is 0. The van der Waals surface area contributed by atoms with E-state index in [-0.39, 0.29) is 47.5 Å². The Morgan fingerprint density at radius 2 is 0.684 bits per heavy atom. The largest absolute Gasteiger partial charge is 2.00 e. The van der Waals surface area contributed by atoms with Crippen molar-refractivity contribution in [2.75, 3.05) is 0 Å². The van der Waals surface area contributed by atoms with E-state index in [9.17, 15) is 25.9 Å². The zero-order valence-electron chi connectivity index (χ0n) is 35.7. The third-order valence-corrected chi connectivity index (χ3v) is 12.6. The van der Waals surface area contributed by atoms with E-state index in [1.54, 1.807) is 12.1 Å². The second-order valence-electron chi connectivity index (χ2n) is 15.8. The maximum absolute atomic E-state index is 11.6. The van der Waals surface area contributed by atoms with Gasteiger partial charge in [-0.25, -0.2) is 16.8 Å². The topological polar surface area (TPSA) is 114 Å². The van der Waals surface area contributed by atoms with Gasteiger partial charge in [0, 0.05) is 0 Å². The fourth-order valence-corrected chi connectivity index (χ4v) is 8.74. The smallest absolute Gasteiger partial charge is 0.744 e. The van der Waals surface area contributed by atoms with Gasteiger partial charge in [-0.05, 0) is 119 Å². The van der Waals surface area contributed by atoms with Gasteiger partial charge in [-0.3, -0.25) is 0 Å². The molecule has 0 aromatic heterocycles. The predicted molar refractivity (Wildman–Crippen MR) is 239 cm³/mol. The number of fused-ring (bicyclic) bond motifs is 2. The predicted octanol–water partition coefficient (Wildman–Crippen LogP) is 13.2. The number of benzene rings is 4. The summed E-state index contributed by atoms with van der Waals surface area (Å²) in [5.41, 5.74) is 4.59. The maximum atomic E-state index is 11.6. The molecule has 0 bridgehead atoms. The van der Waals surface area contributed by atoms with E-state index in [0.717, 1.165) is 84.0 Å². The van der Waals surface area contributed by atoms with Gasteiger partial charge in [0.1, 0.15) is 20.2 Å². The third kappa shape index (κ3) is 19.2. The minimum atomic E-state index is -4.44. The first-order chi connectivity index (χ1) is 26.9. The van der Waals surface area contributed by atoms with E-state index in [1.807, 2.05) is 12.1 Å². The van der Waals surface area contributed by atoms with Gasteiger partial charge >= 0.3 is 37.7 Å². The standard InChI is InChI=1S/2C24H36O3S.Ca/c2*1-3-5-7-9-11-13-20-15-16-22-19-23(28(25,26)27)18-21(24(22)17-20)14-12-10-8-6-4-2;/h2*15-19H,3-14H2,1-2H3,(H,25,26,27);/q;;+2/p-2. The van der Waals surface area contributed by atoms with Crippen LogP contribution >= 0.6 is 0 Å². The second-order valence-corrected chi connectivity index (χ2v) is 18.6. The van der Waals surface area contributed by atoms with Gasteiger partial charge in [-0.15, -0.1) is 0 Å². The van der Waals surface area contributed by atoms with Crippen LogP contribution < -0.4 is 0 Å². The summed E-state index contributed by atoms with van der Waals surface area (Å²) < 4.78 is 69.5. The molecule has 0 aliphatic carbocycles. The van der Waals surface area contributed by atoms with Gasteiger partial charge in [0.2, 0.25) is 0 Å². The molecule has 57 heavy (non-hydrogen) atoms. The maximum Gasteiger partial charge on any atom is 2.00 e. The molecule has 0 N–H and O–H groups in total.